The van der Waals surface area contributed by atoms with Gasteiger partial charge in [0, 0.05) is 18.0 Å². The van der Waals surface area contributed by atoms with Gasteiger partial charge in [0.2, 0.25) is 0 Å². The number of aryl methyl sites for hydroxylation is 2. The van der Waals surface area contributed by atoms with Gasteiger partial charge in [-0.05, 0) is 38.3 Å². The third kappa shape index (κ3) is 2.74. The zero-order valence-corrected chi connectivity index (χ0v) is 13.2. The average molecular weight is 307 g/mol. The van der Waals surface area contributed by atoms with Gasteiger partial charge in [0.15, 0.2) is 5.82 Å². The Bertz CT molecular complexity index is 656. The predicted molar refractivity (Wildman–Crippen MR) is 85.2 cm³/mol. The van der Waals surface area contributed by atoms with Gasteiger partial charge in [-0.25, -0.2) is 15.8 Å². The molecule has 0 amide bonds. The molecule has 3 rings (SSSR count). The molecule has 1 fully saturated rings. The molecule has 2 aromatic rings. The van der Waals surface area contributed by atoms with E-state index in [1.165, 1.54) is 10.4 Å². The van der Waals surface area contributed by atoms with Gasteiger partial charge in [0.1, 0.15) is 10.7 Å². The molecule has 1 aliphatic heterocycles. The smallest absolute Gasteiger partial charge is 0.152 e. The molecule has 21 heavy (non-hydrogen) atoms. The first-order valence-electron chi connectivity index (χ1n) is 7.18. The van der Waals surface area contributed by atoms with Crippen LogP contribution in [0.3, 0.4) is 0 Å². The molecule has 0 bridgehead atoms. The molecule has 1 aliphatic rings. The molecular formula is C14H21N5OS. The molecule has 0 aliphatic carbocycles. The lowest BCUT2D eigenvalue weighted by Gasteiger charge is -2.15. The van der Waals surface area contributed by atoms with Crippen molar-refractivity contribution >= 4 is 27.4 Å². The standard InChI is InChI=1S/C14H21N5OS/c1-8-9(2)21-14-12(8)13(18-15)16-11(17-14)6-19-4-3-10(5-19)7-20/h10,20H,3-7,15H2,1-2H3,(H,16,17,18). The highest BCUT2D eigenvalue weighted by Crippen LogP contribution is 2.33. The lowest BCUT2D eigenvalue weighted by atomic mass is 10.1. The van der Waals surface area contributed by atoms with E-state index >= 15 is 0 Å². The fraction of sp³-hybridized carbons (Fsp3) is 0.571. The number of nitrogen functional groups attached to an aromatic ring is 1. The van der Waals surface area contributed by atoms with Crippen molar-refractivity contribution in [3.8, 4) is 0 Å². The number of fused-ring (bicyclic) bond motifs is 1. The van der Waals surface area contributed by atoms with E-state index < -0.39 is 0 Å². The Hall–Kier alpha value is -1.28. The molecule has 0 saturated carbocycles. The number of rotatable bonds is 4. The van der Waals surface area contributed by atoms with Crippen molar-refractivity contribution in [3.05, 3.63) is 16.3 Å². The Morgan fingerprint density at radius 3 is 2.90 bits per heavy atom. The van der Waals surface area contributed by atoms with Crippen molar-refractivity contribution in [1.29, 1.82) is 0 Å². The number of aliphatic hydroxyl groups excluding tert-OH is 1. The molecule has 4 N–H and O–H groups in total. The van der Waals surface area contributed by atoms with Crippen LogP contribution in [0.5, 0.6) is 0 Å². The van der Waals surface area contributed by atoms with Gasteiger partial charge < -0.3 is 10.5 Å². The Labute approximate surface area is 128 Å². The van der Waals surface area contributed by atoms with Crippen LogP contribution in [0.25, 0.3) is 10.2 Å². The second kappa shape index (κ2) is 5.84. The number of aromatic nitrogens is 2. The monoisotopic (exact) mass is 307 g/mol. The van der Waals surface area contributed by atoms with Crippen LogP contribution in [0, 0.1) is 19.8 Å². The molecule has 0 spiro atoms. The molecule has 7 heteroatoms. The summed E-state index contributed by atoms with van der Waals surface area (Å²) in [5.74, 6) is 7.50. The van der Waals surface area contributed by atoms with Gasteiger partial charge in [-0.3, -0.25) is 4.90 Å². The molecule has 1 unspecified atom stereocenters. The first kappa shape index (κ1) is 14.6. The number of nitrogens with two attached hydrogens (primary N) is 1. The molecule has 3 heterocycles. The van der Waals surface area contributed by atoms with Crippen LogP contribution in [0.15, 0.2) is 0 Å². The lowest BCUT2D eigenvalue weighted by molar-refractivity contribution is 0.219. The minimum Gasteiger partial charge on any atom is -0.396 e. The number of anilines is 1. The maximum absolute atomic E-state index is 9.22. The van der Waals surface area contributed by atoms with E-state index in [2.05, 4.69) is 34.1 Å². The van der Waals surface area contributed by atoms with Crippen LogP contribution in [0.4, 0.5) is 5.82 Å². The quantitative estimate of drug-likeness (QED) is 0.585. The second-order valence-corrected chi connectivity index (χ2v) is 6.87. The number of nitrogens with one attached hydrogen (secondary N) is 1. The third-order valence-electron chi connectivity index (χ3n) is 4.20. The van der Waals surface area contributed by atoms with Gasteiger partial charge in [-0.2, -0.15) is 0 Å². The normalized spacial score (nSPS) is 19.5. The van der Waals surface area contributed by atoms with Crippen molar-refractivity contribution in [1.82, 2.24) is 14.9 Å². The van der Waals surface area contributed by atoms with E-state index in [1.54, 1.807) is 11.3 Å². The fourth-order valence-corrected chi connectivity index (χ4v) is 3.92. The van der Waals surface area contributed by atoms with Gasteiger partial charge in [0.05, 0.1) is 11.9 Å². The number of nitrogens with zero attached hydrogens (tertiary/aromatic N) is 3. The lowest BCUT2D eigenvalue weighted by Crippen LogP contribution is -2.23. The van der Waals surface area contributed by atoms with E-state index in [0.717, 1.165) is 35.6 Å². The van der Waals surface area contributed by atoms with E-state index in [-0.39, 0.29) is 6.61 Å². The highest BCUT2D eigenvalue weighted by molar-refractivity contribution is 7.18. The van der Waals surface area contributed by atoms with E-state index in [1.807, 2.05) is 0 Å². The Morgan fingerprint density at radius 2 is 2.24 bits per heavy atom. The first-order valence-corrected chi connectivity index (χ1v) is 8.00. The maximum atomic E-state index is 9.22. The minimum absolute atomic E-state index is 0.259. The van der Waals surface area contributed by atoms with Crippen LogP contribution in [-0.2, 0) is 6.54 Å². The summed E-state index contributed by atoms with van der Waals surface area (Å²) < 4.78 is 0. The molecule has 2 aromatic heterocycles. The summed E-state index contributed by atoms with van der Waals surface area (Å²) in [5, 5.41) is 10.3. The highest BCUT2D eigenvalue weighted by atomic mass is 32.1. The molecule has 0 radical (unpaired) electrons. The average Bonchev–Trinajstić information content (AvgIpc) is 3.04. The van der Waals surface area contributed by atoms with Crippen LogP contribution < -0.4 is 11.3 Å². The highest BCUT2D eigenvalue weighted by Gasteiger charge is 2.23. The largest absolute Gasteiger partial charge is 0.396 e. The molecule has 1 atom stereocenters. The number of aliphatic hydroxyl groups is 1. The molecular weight excluding hydrogens is 286 g/mol. The zero-order valence-electron chi connectivity index (χ0n) is 12.4. The Balaban J connectivity index is 1.89. The Kier molecular flexibility index (Phi) is 4.08. The molecule has 6 nitrogen and oxygen atoms in total. The number of hydrazine groups is 1. The van der Waals surface area contributed by atoms with Crippen LogP contribution in [0.2, 0.25) is 0 Å². The van der Waals surface area contributed by atoms with Crippen molar-refractivity contribution in [3.63, 3.8) is 0 Å². The summed E-state index contributed by atoms with van der Waals surface area (Å²) in [6.07, 6.45) is 1.04. The maximum Gasteiger partial charge on any atom is 0.152 e. The van der Waals surface area contributed by atoms with Crippen molar-refractivity contribution in [2.45, 2.75) is 26.8 Å². The summed E-state index contributed by atoms with van der Waals surface area (Å²) in [6.45, 7) is 7.02. The zero-order chi connectivity index (χ0) is 15.0. The first-order chi connectivity index (χ1) is 10.1. The third-order valence-corrected chi connectivity index (χ3v) is 5.31. The van der Waals surface area contributed by atoms with Gasteiger partial charge in [0.25, 0.3) is 0 Å². The summed E-state index contributed by atoms with van der Waals surface area (Å²) in [7, 11) is 0. The van der Waals surface area contributed by atoms with Gasteiger partial charge in [-0.15, -0.1) is 11.3 Å². The topological polar surface area (TPSA) is 87.3 Å². The summed E-state index contributed by atoms with van der Waals surface area (Å²) in [4.78, 5) is 13.8. The summed E-state index contributed by atoms with van der Waals surface area (Å²) in [5.41, 5.74) is 3.90. The molecule has 114 valence electrons. The minimum atomic E-state index is 0.259. The van der Waals surface area contributed by atoms with E-state index in [4.69, 9.17) is 5.84 Å². The van der Waals surface area contributed by atoms with Crippen LogP contribution >= 0.6 is 11.3 Å². The van der Waals surface area contributed by atoms with Crippen molar-refractivity contribution in [2.75, 3.05) is 25.1 Å². The van der Waals surface area contributed by atoms with E-state index in [0.29, 0.717) is 18.3 Å². The van der Waals surface area contributed by atoms with Crippen LogP contribution in [0.1, 0.15) is 22.7 Å². The molecule has 1 saturated heterocycles. The van der Waals surface area contributed by atoms with Crippen molar-refractivity contribution < 1.29 is 5.11 Å². The predicted octanol–water partition coefficient (Wildman–Crippen LogP) is 1.41. The second-order valence-electron chi connectivity index (χ2n) is 5.67. The SMILES string of the molecule is Cc1sc2nc(CN3CCC(CO)C3)nc(NN)c2c1C. The van der Waals surface area contributed by atoms with Crippen molar-refractivity contribution in [2.24, 2.45) is 11.8 Å². The summed E-state index contributed by atoms with van der Waals surface area (Å²) in [6, 6.07) is 0. The fourth-order valence-electron chi connectivity index (χ4n) is 2.87. The number of thiophene rings is 1. The number of hydrogen-bond donors (Lipinski definition) is 3. The van der Waals surface area contributed by atoms with E-state index in [9.17, 15) is 5.11 Å². The number of likely N-dealkylation sites (tertiary alicyclic amines) is 1. The Morgan fingerprint density at radius 1 is 1.43 bits per heavy atom. The van der Waals surface area contributed by atoms with Gasteiger partial charge in [-0.1, -0.05) is 0 Å². The van der Waals surface area contributed by atoms with Crippen LogP contribution in [-0.4, -0.2) is 39.7 Å². The summed E-state index contributed by atoms with van der Waals surface area (Å²) >= 11 is 1.68. The van der Waals surface area contributed by atoms with Gasteiger partial charge >= 0.3 is 0 Å². The number of hydrogen-bond acceptors (Lipinski definition) is 7. The molecule has 0 aromatic carbocycles.